The van der Waals surface area contributed by atoms with Crippen molar-refractivity contribution in [1.82, 2.24) is 10.7 Å². The molecule has 0 atom stereocenters. The van der Waals surface area contributed by atoms with Gasteiger partial charge in [0.25, 0.3) is 0 Å². The second-order valence-corrected chi connectivity index (χ2v) is 6.45. The van der Waals surface area contributed by atoms with Crippen LogP contribution in [0.2, 0.25) is 0 Å². The molecule has 98 valence electrons. The minimum absolute atomic E-state index is 0.388. The quantitative estimate of drug-likeness (QED) is 0.310. The summed E-state index contributed by atoms with van der Waals surface area (Å²) < 4.78 is 0.388. The number of aliphatic imine (C=N–C) groups is 1. The monoisotopic (exact) mass is 256 g/mol. The molecule has 2 rings (SSSR count). The van der Waals surface area contributed by atoms with Gasteiger partial charge in [0.2, 0.25) is 5.96 Å². The number of nitrogens with two attached hydrogens (primary N) is 1. The normalized spacial score (nSPS) is 24.5. The van der Waals surface area contributed by atoms with E-state index < -0.39 is 0 Å². The average molecular weight is 256 g/mol. The lowest BCUT2D eigenvalue weighted by Crippen LogP contribution is -2.47. The number of nitrogens with zero attached hydrogens (tertiary/aromatic N) is 1. The van der Waals surface area contributed by atoms with Gasteiger partial charge < -0.3 is 5.32 Å². The largest absolute Gasteiger partial charge is 0.353 e. The van der Waals surface area contributed by atoms with Crippen LogP contribution in [-0.4, -0.2) is 29.5 Å². The number of nitrogens with one attached hydrogen (secondary N) is 2. The molecule has 2 aliphatic rings. The Labute approximate surface area is 108 Å². The van der Waals surface area contributed by atoms with Gasteiger partial charge in [-0.3, -0.25) is 10.4 Å². The summed E-state index contributed by atoms with van der Waals surface area (Å²) in [5, 5.41) is 3.42. The number of guanidine groups is 1. The molecule has 2 fully saturated rings. The van der Waals surface area contributed by atoms with Gasteiger partial charge in [0.1, 0.15) is 0 Å². The lowest BCUT2D eigenvalue weighted by atomic mass is 9.84. The fourth-order valence-electron chi connectivity index (χ4n) is 2.62. The molecular weight excluding hydrogens is 232 g/mol. The van der Waals surface area contributed by atoms with Crippen molar-refractivity contribution in [1.29, 1.82) is 0 Å². The van der Waals surface area contributed by atoms with Crippen LogP contribution in [0.25, 0.3) is 0 Å². The minimum Gasteiger partial charge on any atom is -0.353 e. The van der Waals surface area contributed by atoms with Crippen molar-refractivity contribution < 1.29 is 0 Å². The van der Waals surface area contributed by atoms with Crippen LogP contribution in [0.3, 0.4) is 0 Å². The summed E-state index contributed by atoms with van der Waals surface area (Å²) in [5.74, 6) is 6.31. The highest BCUT2D eigenvalue weighted by Gasteiger charge is 2.35. The summed E-state index contributed by atoms with van der Waals surface area (Å²) in [6, 6.07) is 0.566. The molecule has 0 bridgehead atoms. The topological polar surface area (TPSA) is 62.4 Å². The van der Waals surface area contributed by atoms with Crippen molar-refractivity contribution in [3.8, 4) is 0 Å². The number of hydrogen-bond donors (Lipinski definition) is 3. The van der Waals surface area contributed by atoms with Crippen molar-refractivity contribution >= 4 is 17.7 Å². The van der Waals surface area contributed by atoms with Gasteiger partial charge >= 0.3 is 0 Å². The van der Waals surface area contributed by atoms with Crippen molar-refractivity contribution in [3.05, 3.63) is 0 Å². The lowest BCUT2D eigenvalue weighted by Gasteiger charge is -2.39. The van der Waals surface area contributed by atoms with Gasteiger partial charge in [-0.15, -0.1) is 0 Å². The zero-order valence-corrected chi connectivity index (χ0v) is 11.5. The van der Waals surface area contributed by atoms with E-state index in [0.29, 0.717) is 10.8 Å². The van der Waals surface area contributed by atoms with E-state index in [2.05, 4.69) is 22.0 Å². The Morgan fingerprint density at radius 1 is 1.35 bits per heavy atom. The summed E-state index contributed by atoms with van der Waals surface area (Å²) >= 11 is 1.95. The molecule has 17 heavy (non-hydrogen) atoms. The molecule has 4 nitrogen and oxygen atoms in total. The lowest BCUT2D eigenvalue weighted by molar-refractivity contribution is 0.372. The molecule has 2 aliphatic carbocycles. The Hall–Kier alpha value is -0.420. The minimum atomic E-state index is 0.388. The van der Waals surface area contributed by atoms with E-state index >= 15 is 0 Å². The van der Waals surface area contributed by atoms with Crippen molar-refractivity contribution in [2.24, 2.45) is 10.8 Å². The molecule has 0 radical (unpaired) electrons. The van der Waals surface area contributed by atoms with E-state index in [1.54, 1.807) is 0 Å². The van der Waals surface area contributed by atoms with Crippen LogP contribution in [-0.2, 0) is 0 Å². The summed E-state index contributed by atoms with van der Waals surface area (Å²) in [5.41, 5.74) is 2.70. The third-order valence-corrected chi connectivity index (χ3v) is 5.46. The molecule has 0 aromatic heterocycles. The van der Waals surface area contributed by atoms with Crippen LogP contribution in [0.5, 0.6) is 0 Å². The Morgan fingerprint density at radius 3 is 2.53 bits per heavy atom. The number of hydrazine groups is 1. The fraction of sp³-hybridized carbons (Fsp3) is 0.917. The second-order valence-electron chi connectivity index (χ2n) is 5.18. The zero-order valence-electron chi connectivity index (χ0n) is 10.7. The maximum Gasteiger partial charge on any atom is 0.205 e. The number of rotatable bonds is 4. The first-order chi connectivity index (χ1) is 8.28. The van der Waals surface area contributed by atoms with Crippen LogP contribution < -0.4 is 16.6 Å². The molecule has 0 saturated heterocycles. The maximum atomic E-state index is 5.53. The Bertz CT molecular complexity index is 264. The van der Waals surface area contributed by atoms with E-state index in [-0.39, 0.29) is 0 Å². The van der Waals surface area contributed by atoms with Crippen LogP contribution in [0.1, 0.15) is 44.9 Å². The van der Waals surface area contributed by atoms with Gasteiger partial charge in [-0.05, 0) is 31.9 Å². The highest BCUT2D eigenvalue weighted by Crippen LogP contribution is 2.42. The fourth-order valence-corrected chi connectivity index (χ4v) is 3.51. The molecule has 0 amide bonds. The number of thioether (sulfide) groups is 1. The smallest absolute Gasteiger partial charge is 0.205 e. The molecule has 0 heterocycles. The van der Waals surface area contributed by atoms with E-state index in [9.17, 15) is 0 Å². The molecule has 2 saturated carbocycles. The van der Waals surface area contributed by atoms with Gasteiger partial charge in [0.15, 0.2) is 0 Å². The first-order valence-corrected chi connectivity index (χ1v) is 7.83. The van der Waals surface area contributed by atoms with Gasteiger partial charge in [-0.2, -0.15) is 11.8 Å². The van der Waals surface area contributed by atoms with Crippen LogP contribution in [0.4, 0.5) is 0 Å². The Kier molecular flexibility index (Phi) is 4.56. The predicted octanol–water partition coefficient (Wildman–Crippen LogP) is 1.62. The van der Waals surface area contributed by atoms with E-state index in [4.69, 9.17) is 5.84 Å². The Balaban J connectivity index is 1.83. The Morgan fingerprint density at radius 2 is 2.06 bits per heavy atom. The first kappa shape index (κ1) is 13.0. The molecular formula is C12H24N4S. The molecule has 4 N–H and O–H groups in total. The summed E-state index contributed by atoms with van der Waals surface area (Å²) in [4.78, 5) is 4.62. The third kappa shape index (κ3) is 3.28. The number of hydrogen-bond acceptors (Lipinski definition) is 3. The molecule has 0 spiro atoms. The average Bonchev–Trinajstić information content (AvgIpc) is 2.79. The zero-order chi connectivity index (χ0) is 12.1. The molecule has 0 unspecified atom stereocenters. The third-order valence-electron chi connectivity index (χ3n) is 4.06. The van der Waals surface area contributed by atoms with Gasteiger partial charge in [0.05, 0.1) is 6.54 Å². The van der Waals surface area contributed by atoms with E-state index in [0.717, 1.165) is 12.5 Å². The van der Waals surface area contributed by atoms with Crippen molar-refractivity contribution in [2.75, 3.05) is 12.8 Å². The SMILES string of the molecule is CSC1(CN=C(NN)NC2CCCC2)CCC1. The van der Waals surface area contributed by atoms with Crippen LogP contribution in [0.15, 0.2) is 4.99 Å². The van der Waals surface area contributed by atoms with Crippen molar-refractivity contribution in [3.63, 3.8) is 0 Å². The van der Waals surface area contributed by atoms with Crippen molar-refractivity contribution in [2.45, 2.75) is 55.7 Å². The highest BCUT2D eigenvalue weighted by molar-refractivity contribution is 8.00. The standard InChI is InChI=1S/C12H24N4S/c1-17-12(7-4-8-12)9-14-11(16-13)15-10-5-2-3-6-10/h10H,2-9,13H2,1H3,(H2,14,15,16). The molecule has 0 aliphatic heterocycles. The molecule has 0 aromatic carbocycles. The second kappa shape index (κ2) is 5.96. The predicted molar refractivity (Wildman–Crippen MR) is 75.1 cm³/mol. The maximum absolute atomic E-state index is 5.53. The first-order valence-electron chi connectivity index (χ1n) is 6.61. The summed E-state index contributed by atoms with van der Waals surface area (Å²) in [6.45, 7) is 0.882. The molecule has 5 heteroatoms. The van der Waals surface area contributed by atoms with Gasteiger partial charge in [-0.1, -0.05) is 19.3 Å². The molecule has 0 aromatic rings. The summed E-state index contributed by atoms with van der Waals surface area (Å²) in [6.07, 6.45) is 11.3. The highest BCUT2D eigenvalue weighted by atomic mass is 32.2. The van der Waals surface area contributed by atoms with Crippen LogP contribution >= 0.6 is 11.8 Å². The van der Waals surface area contributed by atoms with E-state index in [1.165, 1.54) is 44.9 Å². The van der Waals surface area contributed by atoms with E-state index in [1.807, 2.05) is 11.8 Å². The van der Waals surface area contributed by atoms with Gasteiger partial charge in [-0.25, -0.2) is 5.84 Å². The summed E-state index contributed by atoms with van der Waals surface area (Å²) in [7, 11) is 0. The van der Waals surface area contributed by atoms with Crippen LogP contribution in [0, 0.1) is 0 Å². The van der Waals surface area contributed by atoms with Gasteiger partial charge in [0, 0.05) is 10.8 Å².